The maximum Gasteiger partial charge on any atom is 0.306 e. The zero-order valence-electron chi connectivity index (χ0n) is 11.1. The van der Waals surface area contributed by atoms with E-state index in [9.17, 15) is 17.6 Å². The van der Waals surface area contributed by atoms with E-state index in [1.807, 2.05) is 0 Å². The van der Waals surface area contributed by atoms with Crippen LogP contribution in [-0.4, -0.2) is 25.5 Å². The van der Waals surface area contributed by atoms with Gasteiger partial charge in [0.1, 0.15) is 10.7 Å². The second kappa shape index (κ2) is 6.29. The second-order valence-corrected chi connectivity index (χ2v) is 7.18. The van der Waals surface area contributed by atoms with E-state index < -0.39 is 33.8 Å². The fraction of sp³-hybridized carbons (Fsp3) is 0.462. The maximum atomic E-state index is 13.0. The van der Waals surface area contributed by atoms with E-state index in [-0.39, 0.29) is 16.3 Å². The summed E-state index contributed by atoms with van der Waals surface area (Å²) in [5.74, 6) is -2.09. The predicted molar refractivity (Wildman–Crippen MR) is 75.1 cm³/mol. The summed E-state index contributed by atoms with van der Waals surface area (Å²) in [5.41, 5.74) is 0. The molecule has 1 fully saturated rings. The van der Waals surface area contributed by atoms with Crippen molar-refractivity contribution in [2.45, 2.75) is 36.6 Å². The van der Waals surface area contributed by atoms with Crippen LogP contribution in [0.2, 0.25) is 5.02 Å². The SMILES string of the molecule is O=C(O)C1CCCC(NS(=O)(=O)c2ccc(F)cc2Cl)C1. The van der Waals surface area contributed by atoms with Crippen LogP contribution in [0.5, 0.6) is 0 Å². The summed E-state index contributed by atoms with van der Waals surface area (Å²) in [5, 5.41) is 8.81. The van der Waals surface area contributed by atoms with Gasteiger partial charge >= 0.3 is 5.97 Å². The lowest BCUT2D eigenvalue weighted by atomic mass is 9.86. The molecule has 1 aromatic carbocycles. The molecule has 2 rings (SSSR count). The molecule has 2 atom stereocenters. The van der Waals surface area contributed by atoms with Gasteiger partial charge in [0.05, 0.1) is 10.9 Å². The van der Waals surface area contributed by atoms with Gasteiger partial charge in [0.25, 0.3) is 0 Å². The molecule has 2 unspecified atom stereocenters. The lowest BCUT2D eigenvalue weighted by Crippen LogP contribution is -2.39. The van der Waals surface area contributed by atoms with Gasteiger partial charge in [-0.1, -0.05) is 18.0 Å². The standard InChI is InChI=1S/C13H15ClFNO4S/c14-11-7-9(15)4-5-12(11)21(19,20)16-10-3-1-2-8(6-10)13(17)18/h4-5,7-8,10,16H,1-3,6H2,(H,17,18). The fourth-order valence-corrected chi connectivity index (χ4v) is 4.31. The Bertz CT molecular complexity index is 650. The number of carbonyl (C=O) groups is 1. The smallest absolute Gasteiger partial charge is 0.306 e. The predicted octanol–water partition coefficient (Wildman–Crippen LogP) is 2.40. The van der Waals surface area contributed by atoms with Crippen LogP contribution in [0.15, 0.2) is 23.1 Å². The maximum absolute atomic E-state index is 13.0. The van der Waals surface area contributed by atoms with Crippen molar-refractivity contribution in [2.24, 2.45) is 5.92 Å². The van der Waals surface area contributed by atoms with E-state index in [2.05, 4.69) is 4.72 Å². The minimum atomic E-state index is -3.90. The molecule has 1 aliphatic carbocycles. The number of hydrogen-bond acceptors (Lipinski definition) is 3. The van der Waals surface area contributed by atoms with Crippen LogP contribution in [0.3, 0.4) is 0 Å². The zero-order valence-corrected chi connectivity index (χ0v) is 12.6. The van der Waals surface area contributed by atoms with Crippen LogP contribution in [0.4, 0.5) is 4.39 Å². The Labute approximate surface area is 127 Å². The van der Waals surface area contributed by atoms with Crippen LogP contribution in [0.25, 0.3) is 0 Å². The summed E-state index contributed by atoms with van der Waals surface area (Å²) in [6.45, 7) is 0. The highest BCUT2D eigenvalue weighted by Crippen LogP contribution is 2.27. The molecule has 0 spiro atoms. The molecule has 0 heterocycles. The molecule has 1 aromatic rings. The molecule has 1 saturated carbocycles. The molecular formula is C13H15ClFNO4S. The van der Waals surface area contributed by atoms with E-state index in [1.165, 1.54) is 0 Å². The van der Waals surface area contributed by atoms with Gasteiger partial charge in [0, 0.05) is 6.04 Å². The number of aliphatic carboxylic acids is 1. The topological polar surface area (TPSA) is 83.5 Å². The Morgan fingerprint density at radius 3 is 2.71 bits per heavy atom. The van der Waals surface area contributed by atoms with Crippen molar-refractivity contribution in [2.75, 3.05) is 0 Å². The molecule has 21 heavy (non-hydrogen) atoms. The number of carboxylic acids is 1. The number of halogens is 2. The third-order valence-electron chi connectivity index (χ3n) is 3.53. The molecular weight excluding hydrogens is 321 g/mol. The number of carboxylic acid groups (broad SMARTS) is 1. The van der Waals surface area contributed by atoms with Crippen LogP contribution in [0, 0.1) is 11.7 Å². The van der Waals surface area contributed by atoms with Gasteiger partial charge in [-0.05, 0) is 37.5 Å². The second-order valence-electron chi connectivity index (χ2n) is 5.09. The molecule has 0 bridgehead atoms. The lowest BCUT2D eigenvalue weighted by Gasteiger charge is -2.27. The average Bonchev–Trinajstić information content (AvgIpc) is 2.37. The zero-order chi connectivity index (χ0) is 15.6. The van der Waals surface area contributed by atoms with E-state index in [1.54, 1.807) is 0 Å². The quantitative estimate of drug-likeness (QED) is 0.885. The number of hydrogen-bond donors (Lipinski definition) is 2. The molecule has 0 aliphatic heterocycles. The number of benzene rings is 1. The molecule has 0 radical (unpaired) electrons. The number of rotatable bonds is 4. The highest BCUT2D eigenvalue weighted by molar-refractivity contribution is 7.89. The van der Waals surface area contributed by atoms with Crippen LogP contribution >= 0.6 is 11.6 Å². The van der Waals surface area contributed by atoms with Gasteiger partial charge in [0.2, 0.25) is 10.0 Å². The summed E-state index contributed by atoms with van der Waals surface area (Å²) in [6, 6.07) is 2.58. The molecule has 2 N–H and O–H groups in total. The van der Waals surface area contributed by atoms with Crippen molar-refractivity contribution in [3.63, 3.8) is 0 Å². The lowest BCUT2D eigenvalue weighted by molar-refractivity contribution is -0.143. The van der Waals surface area contributed by atoms with Gasteiger partial charge < -0.3 is 5.11 Å². The Kier molecular flexibility index (Phi) is 4.85. The van der Waals surface area contributed by atoms with Crippen molar-refractivity contribution < 1.29 is 22.7 Å². The largest absolute Gasteiger partial charge is 0.481 e. The Balaban J connectivity index is 2.15. The Hall–Kier alpha value is -1.18. The molecule has 0 saturated heterocycles. The van der Waals surface area contributed by atoms with E-state index in [4.69, 9.17) is 16.7 Å². The van der Waals surface area contributed by atoms with Crippen LogP contribution in [0.1, 0.15) is 25.7 Å². The van der Waals surface area contributed by atoms with Gasteiger partial charge in [-0.15, -0.1) is 0 Å². The molecule has 0 aromatic heterocycles. The number of sulfonamides is 1. The molecule has 1 aliphatic rings. The van der Waals surface area contributed by atoms with Gasteiger partial charge in [-0.2, -0.15) is 0 Å². The summed E-state index contributed by atoms with van der Waals surface area (Å²) in [4.78, 5) is 10.8. The highest BCUT2D eigenvalue weighted by Gasteiger charge is 2.30. The van der Waals surface area contributed by atoms with E-state index >= 15 is 0 Å². The molecule has 0 amide bonds. The van der Waals surface area contributed by atoms with E-state index in [0.29, 0.717) is 19.3 Å². The van der Waals surface area contributed by atoms with Gasteiger partial charge in [0.15, 0.2) is 0 Å². The van der Waals surface area contributed by atoms with Crippen LogP contribution in [-0.2, 0) is 14.8 Å². The Morgan fingerprint density at radius 1 is 1.38 bits per heavy atom. The molecule has 8 heteroatoms. The average molecular weight is 336 g/mol. The van der Waals surface area contributed by atoms with Gasteiger partial charge in [-0.3, -0.25) is 4.79 Å². The van der Waals surface area contributed by atoms with Crippen molar-refractivity contribution in [3.8, 4) is 0 Å². The summed E-state index contributed by atoms with van der Waals surface area (Å²) in [7, 11) is -3.90. The summed E-state index contributed by atoms with van der Waals surface area (Å²) >= 11 is 5.76. The molecule has 5 nitrogen and oxygen atoms in total. The Morgan fingerprint density at radius 2 is 2.10 bits per heavy atom. The summed E-state index contributed by atoms with van der Waals surface area (Å²) in [6.07, 6.45) is 2.00. The minimum Gasteiger partial charge on any atom is -0.481 e. The monoisotopic (exact) mass is 335 g/mol. The van der Waals surface area contributed by atoms with Crippen LogP contribution < -0.4 is 4.72 Å². The first-order valence-electron chi connectivity index (χ1n) is 6.50. The summed E-state index contributed by atoms with van der Waals surface area (Å²) < 4.78 is 39.9. The first-order chi connectivity index (χ1) is 9.79. The van der Waals surface area contributed by atoms with Crippen molar-refractivity contribution in [1.82, 2.24) is 4.72 Å². The number of nitrogens with one attached hydrogen (secondary N) is 1. The third-order valence-corrected chi connectivity index (χ3v) is 5.53. The minimum absolute atomic E-state index is 0.201. The van der Waals surface area contributed by atoms with Crippen molar-refractivity contribution in [3.05, 3.63) is 29.0 Å². The highest BCUT2D eigenvalue weighted by atomic mass is 35.5. The molecule has 116 valence electrons. The normalized spacial score (nSPS) is 23.0. The van der Waals surface area contributed by atoms with Gasteiger partial charge in [-0.25, -0.2) is 17.5 Å². The van der Waals surface area contributed by atoms with E-state index in [0.717, 1.165) is 18.2 Å². The first-order valence-corrected chi connectivity index (χ1v) is 8.36. The van der Waals surface area contributed by atoms with Crippen molar-refractivity contribution >= 4 is 27.6 Å². The fourth-order valence-electron chi connectivity index (χ4n) is 2.50. The first kappa shape index (κ1) is 16.2. The van der Waals surface area contributed by atoms with Crippen molar-refractivity contribution in [1.29, 1.82) is 0 Å². The third kappa shape index (κ3) is 3.93.